The quantitative estimate of drug-likeness (QED) is 0.0480. The highest BCUT2D eigenvalue weighted by Crippen LogP contribution is 2.44. The molecule has 3 amide bonds. The molecule has 0 bridgehead atoms. The Balaban J connectivity index is 0.780. The van der Waals surface area contributed by atoms with Crippen molar-refractivity contribution in [1.29, 1.82) is 0 Å². The van der Waals surface area contributed by atoms with Crippen LogP contribution >= 0.6 is 15.9 Å². The second-order valence-corrected chi connectivity index (χ2v) is 16.8. The molecule has 4 N–H and O–H groups in total. The average molecular weight is 969 g/mol. The smallest absolute Gasteiger partial charge is 0.407 e. The van der Waals surface area contributed by atoms with Gasteiger partial charge in [0.15, 0.2) is 5.58 Å². The molecule has 0 radical (unpaired) electrons. The summed E-state index contributed by atoms with van der Waals surface area (Å²) in [5.41, 5.74) is 8.80. The van der Waals surface area contributed by atoms with Crippen LogP contribution in [0.1, 0.15) is 57.8 Å². The zero-order valence-corrected chi connectivity index (χ0v) is 38.3. The lowest BCUT2D eigenvalue weighted by atomic mass is 9.98. The SMILES string of the molecule is COC(=O)[C@H](CCCCNC(=O)OCC1c2ccccc2-c2ccccc21)NC(=O)Cc1ccc2oc(-c3ccc(NCc4ccc(NC(=O)c5ccc(OC)c(Br)c5)cc4)c(F)c3)nc2c1. The predicted molar refractivity (Wildman–Crippen MR) is 256 cm³/mol. The van der Waals surface area contributed by atoms with E-state index in [9.17, 15) is 19.2 Å². The van der Waals surface area contributed by atoms with Crippen LogP contribution in [0, 0.1) is 5.82 Å². The van der Waals surface area contributed by atoms with Crippen LogP contribution in [0.4, 0.5) is 20.6 Å². The number of nitrogens with zero attached hydrogens (tertiary/aromatic N) is 1. The number of unbranched alkanes of at least 4 members (excludes halogenated alkanes) is 1. The molecule has 1 atom stereocenters. The number of anilines is 2. The summed E-state index contributed by atoms with van der Waals surface area (Å²) in [7, 11) is 2.82. The van der Waals surface area contributed by atoms with Crippen molar-refractivity contribution in [3.05, 3.63) is 166 Å². The monoisotopic (exact) mass is 967 g/mol. The first kappa shape index (κ1) is 46.0. The molecule has 0 spiro atoms. The minimum Gasteiger partial charge on any atom is -0.496 e. The Morgan fingerprint density at radius 2 is 1.55 bits per heavy atom. The fourth-order valence-corrected chi connectivity index (χ4v) is 8.59. The second-order valence-electron chi connectivity index (χ2n) is 15.9. The molecular formula is C52H47BrFN5O8. The van der Waals surface area contributed by atoms with Gasteiger partial charge in [0.25, 0.3) is 5.91 Å². The fourth-order valence-electron chi connectivity index (χ4n) is 8.05. The van der Waals surface area contributed by atoms with Gasteiger partial charge in [-0.2, -0.15) is 0 Å². The zero-order valence-electron chi connectivity index (χ0n) is 36.7. The number of alkyl carbamates (subject to hydrolysis) is 1. The number of hydrogen-bond acceptors (Lipinski definition) is 10. The molecule has 0 saturated carbocycles. The second kappa shape index (κ2) is 21.2. The van der Waals surface area contributed by atoms with Gasteiger partial charge in [0, 0.05) is 35.8 Å². The van der Waals surface area contributed by atoms with Crippen molar-refractivity contribution < 1.29 is 42.2 Å². The Bertz CT molecular complexity index is 2900. The number of halogens is 2. The molecule has 0 saturated heterocycles. The number of methoxy groups -OCH3 is 2. The highest BCUT2D eigenvalue weighted by atomic mass is 79.9. The molecule has 0 aliphatic heterocycles. The molecule has 1 aromatic heterocycles. The third kappa shape index (κ3) is 11.1. The van der Waals surface area contributed by atoms with Crippen molar-refractivity contribution in [2.75, 3.05) is 38.0 Å². The van der Waals surface area contributed by atoms with Crippen molar-refractivity contribution in [2.24, 2.45) is 0 Å². The zero-order chi connectivity index (χ0) is 46.9. The Morgan fingerprint density at radius 3 is 2.25 bits per heavy atom. The van der Waals surface area contributed by atoms with E-state index in [1.54, 1.807) is 67.8 Å². The number of hydrogen-bond donors (Lipinski definition) is 4. The lowest BCUT2D eigenvalue weighted by Crippen LogP contribution is -2.42. The van der Waals surface area contributed by atoms with Crippen molar-refractivity contribution in [1.82, 2.24) is 15.6 Å². The van der Waals surface area contributed by atoms with Gasteiger partial charge in [0.2, 0.25) is 11.8 Å². The summed E-state index contributed by atoms with van der Waals surface area (Å²) in [4.78, 5) is 55.7. The third-order valence-electron chi connectivity index (χ3n) is 11.5. The van der Waals surface area contributed by atoms with E-state index >= 15 is 4.39 Å². The van der Waals surface area contributed by atoms with Crippen molar-refractivity contribution in [3.63, 3.8) is 0 Å². The summed E-state index contributed by atoms with van der Waals surface area (Å²) < 4.78 is 37.8. The van der Waals surface area contributed by atoms with Gasteiger partial charge in [0.05, 0.1) is 30.8 Å². The predicted octanol–water partition coefficient (Wildman–Crippen LogP) is 10.2. The van der Waals surface area contributed by atoms with Gasteiger partial charge in [-0.15, -0.1) is 0 Å². The van der Waals surface area contributed by atoms with Gasteiger partial charge in [0.1, 0.15) is 29.7 Å². The summed E-state index contributed by atoms with van der Waals surface area (Å²) >= 11 is 3.40. The molecule has 7 aromatic rings. The first-order valence-electron chi connectivity index (χ1n) is 21.7. The molecule has 67 heavy (non-hydrogen) atoms. The van der Waals surface area contributed by atoms with Gasteiger partial charge in [-0.1, -0.05) is 66.7 Å². The molecule has 13 nitrogen and oxygen atoms in total. The molecule has 1 aliphatic carbocycles. The Hall–Kier alpha value is -7.52. The van der Waals surface area contributed by atoms with Gasteiger partial charge in [-0.05, 0) is 129 Å². The number of fused-ring (bicyclic) bond motifs is 4. The number of nitrogens with one attached hydrogen (secondary N) is 4. The molecule has 15 heteroatoms. The Labute approximate surface area is 394 Å². The fraction of sp³-hybridized carbons (Fsp3) is 0.212. The lowest BCUT2D eigenvalue weighted by molar-refractivity contribution is -0.145. The molecule has 6 aromatic carbocycles. The van der Waals surface area contributed by atoms with E-state index in [0.29, 0.717) is 76.1 Å². The standard InChI is InChI=1S/C52H47BrFN5O8/c1-64-46-23-18-33(27-41(46)53)49(61)57-35-19-14-31(15-20-35)29-56-43-21-17-34(28-42(43)54)50-59-45-25-32(16-22-47(45)67-50)26-48(60)58-44(51(62)65-2)13-7-8-24-55-52(63)66-30-40-38-11-5-3-9-36(38)37-10-4-6-12-39(37)40/h3-6,9-12,14-23,25,27-28,40,44,56H,7-8,13,24,26,29-30H2,1-2H3,(H,55,63)(H,57,61)(H,58,60)/t44-/m0/s1. The van der Waals surface area contributed by atoms with Gasteiger partial charge < -0.3 is 39.9 Å². The van der Waals surface area contributed by atoms with E-state index in [-0.39, 0.29) is 42.3 Å². The van der Waals surface area contributed by atoms with Crippen LogP contribution in [0.5, 0.6) is 5.75 Å². The van der Waals surface area contributed by atoms with Crippen LogP contribution in [-0.4, -0.2) is 62.3 Å². The number of benzene rings is 6. The van der Waals surface area contributed by atoms with E-state index in [0.717, 1.165) is 27.8 Å². The normalized spacial score (nSPS) is 12.1. The maximum absolute atomic E-state index is 15.3. The van der Waals surface area contributed by atoms with Crippen LogP contribution in [-0.2, 0) is 32.0 Å². The largest absolute Gasteiger partial charge is 0.496 e. The summed E-state index contributed by atoms with van der Waals surface area (Å²) in [6.07, 6.45) is 0.821. The first-order chi connectivity index (χ1) is 32.6. The van der Waals surface area contributed by atoms with E-state index in [1.165, 1.54) is 13.2 Å². The highest BCUT2D eigenvalue weighted by Gasteiger charge is 2.29. The number of esters is 1. The van der Waals surface area contributed by atoms with Crippen molar-refractivity contribution >= 4 is 62.3 Å². The van der Waals surface area contributed by atoms with Crippen molar-refractivity contribution in [2.45, 2.75) is 44.2 Å². The number of carbonyl (C=O) groups is 4. The van der Waals surface area contributed by atoms with E-state index in [1.807, 2.05) is 36.4 Å². The molecule has 1 aliphatic rings. The summed E-state index contributed by atoms with van der Waals surface area (Å²) in [6, 6.07) is 37.5. The number of oxazole rings is 1. The maximum Gasteiger partial charge on any atom is 0.407 e. The number of ether oxygens (including phenoxy) is 3. The molecule has 342 valence electrons. The molecule has 0 unspecified atom stereocenters. The Morgan fingerprint density at radius 1 is 0.821 bits per heavy atom. The van der Waals surface area contributed by atoms with Gasteiger partial charge in [-0.25, -0.2) is 19.0 Å². The van der Waals surface area contributed by atoms with E-state index < -0.39 is 23.9 Å². The molecule has 1 heterocycles. The van der Waals surface area contributed by atoms with Gasteiger partial charge in [-0.3, -0.25) is 9.59 Å². The van der Waals surface area contributed by atoms with Crippen LogP contribution in [0.15, 0.2) is 136 Å². The lowest BCUT2D eigenvalue weighted by Gasteiger charge is -2.17. The van der Waals surface area contributed by atoms with Crippen LogP contribution < -0.4 is 26.0 Å². The molecule has 0 fully saturated rings. The minimum absolute atomic E-state index is 0.0385. The van der Waals surface area contributed by atoms with Crippen molar-refractivity contribution in [3.8, 4) is 28.3 Å². The summed E-state index contributed by atoms with van der Waals surface area (Å²) in [5.74, 6) is -0.935. The summed E-state index contributed by atoms with van der Waals surface area (Å²) in [5, 5.41) is 11.5. The molecular weight excluding hydrogens is 922 g/mol. The van der Waals surface area contributed by atoms with Crippen LogP contribution in [0.3, 0.4) is 0 Å². The minimum atomic E-state index is -0.879. The summed E-state index contributed by atoms with van der Waals surface area (Å²) in [6.45, 7) is 0.875. The molecule has 8 rings (SSSR count). The number of amides is 3. The van der Waals surface area contributed by atoms with Crippen LogP contribution in [0.2, 0.25) is 0 Å². The third-order valence-corrected chi connectivity index (χ3v) is 12.1. The first-order valence-corrected chi connectivity index (χ1v) is 22.5. The van der Waals surface area contributed by atoms with Crippen LogP contribution in [0.25, 0.3) is 33.7 Å². The van der Waals surface area contributed by atoms with E-state index in [4.69, 9.17) is 18.6 Å². The van der Waals surface area contributed by atoms with E-state index in [2.05, 4.69) is 66.4 Å². The number of rotatable bonds is 18. The number of carbonyl (C=O) groups excluding carboxylic acids is 4. The highest BCUT2D eigenvalue weighted by molar-refractivity contribution is 9.10. The Kier molecular flexibility index (Phi) is 14.6. The topological polar surface area (TPSA) is 170 Å². The van der Waals surface area contributed by atoms with Gasteiger partial charge >= 0.3 is 12.1 Å². The average Bonchev–Trinajstić information content (AvgIpc) is 3.91. The number of aromatic nitrogens is 1. The maximum atomic E-state index is 15.3.